The van der Waals surface area contributed by atoms with Gasteiger partial charge < -0.3 is 4.90 Å². The summed E-state index contributed by atoms with van der Waals surface area (Å²) in [6.45, 7) is 0. The zero-order valence-electron chi connectivity index (χ0n) is 7.02. The van der Waals surface area contributed by atoms with Gasteiger partial charge in [-0.15, -0.1) is 0 Å². The van der Waals surface area contributed by atoms with Crippen LogP contribution in [0.2, 0.25) is 5.15 Å². The fourth-order valence-corrected chi connectivity index (χ4v) is 1.63. The Morgan fingerprint density at radius 2 is 1.77 bits per heavy atom. The van der Waals surface area contributed by atoms with Crippen molar-refractivity contribution in [3.05, 3.63) is 5.15 Å². The molecule has 0 spiro atoms. The van der Waals surface area contributed by atoms with E-state index in [0.717, 1.165) is 11.7 Å². The van der Waals surface area contributed by atoms with Crippen LogP contribution < -0.4 is 4.90 Å². The minimum absolute atomic E-state index is 0.352. The maximum atomic E-state index is 5.88. The SMILES string of the molecule is CN(C)c1nc2nsnc2nc1Cl. The van der Waals surface area contributed by atoms with E-state index in [4.69, 9.17) is 11.6 Å². The topological polar surface area (TPSA) is 54.8 Å². The van der Waals surface area contributed by atoms with Crippen LogP contribution in [0.3, 0.4) is 0 Å². The number of hydrogen-bond donors (Lipinski definition) is 0. The second kappa shape index (κ2) is 3.04. The third-order valence-electron chi connectivity index (χ3n) is 1.48. The molecule has 7 heteroatoms. The van der Waals surface area contributed by atoms with Crippen molar-refractivity contribution in [1.29, 1.82) is 0 Å². The molecule has 2 rings (SSSR count). The molecule has 0 N–H and O–H groups in total. The van der Waals surface area contributed by atoms with Crippen molar-refractivity contribution in [2.75, 3.05) is 19.0 Å². The van der Waals surface area contributed by atoms with Crippen LogP contribution in [0.25, 0.3) is 11.3 Å². The van der Waals surface area contributed by atoms with Crippen LogP contribution in [0, 0.1) is 0 Å². The number of rotatable bonds is 1. The van der Waals surface area contributed by atoms with Gasteiger partial charge >= 0.3 is 0 Å². The Hall–Kier alpha value is -1.01. The van der Waals surface area contributed by atoms with Crippen molar-refractivity contribution in [1.82, 2.24) is 18.7 Å². The number of nitrogens with zero attached hydrogens (tertiary/aromatic N) is 5. The van der Waals surface area contributed by atoms with Crippen molar-refractivity contribution in [3.8, 4) is 0 Å². The fraction of sp³-hybridized carbons (Fsp3) is 0.333. The molecular formula is C6H6ClN5S. The molecule has 0 amide bonds. The first-order chi connectivity index (χ1) is 6.18. The summed E-state index contributed by atoms with van der Waals surface area (Å²) in [6.07, 6.45) is 0. The van der Waals surface area contributed by atoms with Crippen molar-refractivity contribution in [2.24, 2.45) is 0 Å². The quantitative estimate of drug-likeness (QED) is 0.716. The van der Waals surface area contributed by atoms with E-state index in [1.807, 2.05) is 14.1 Å². The molecule has 5 nitrogen and oxygen atoms in total. The molecule has 0 fully saturated rings. The molecule has 2 aromatic rings. The third kappa shape index (κ3) is 1.42. The van der Waals surface area contributed by atoms with E-state index < -0.39 is 0 Å². The Morgan fingerprint density at radius 1 is 1.15 bits per heavy atom. The van der Waals surface area contributed by atoms with Gasteiger partial charge in [-0.25, -0.2) is 9.97 Å². The normalized spacial score (nSPS) is 10.7. The molecule has 0 aliphatic carbocycles. The van der Waals surface area contributed by atoms with Gasteiger partial charge in [0.2, 0.25) is 11.3 Å². The Kier molecular flexibility index (Phi) is 2.01. The van der Waals surface area contributed by atoms with E-state index in [-0.39, 0.29) is 0 Å². The van der Waals surface area contributed by atoms with Gasteiger partial charge in [-0.3, -0.25) is 0 Å². The van der Waals surface area contributed by atoms with Crippen molar-refractivity contribution in [2.45, 2.75) is 0 Å². The first-order valence-electron chi connectivity index (χ1n) is 3.51. The highest BCUT2D eigenvalue weighted by Gasteiger charge is 2.10. The summed E-state index contributed by atoms with van der Waals surface area (Å²) in [5.74, 6) is 0.613. The van der Waals surface area contributed by atoms with Crippen molar-refractivity contribution in [3.63, 3.8) is 0 Å². The smallest absolute Gasteiger partial charge is 0.214 e. The van der Waals surface area contributed by atoms with Gasteiger partial charge in [0.25, 0.3) is 0 Å². The molecule has 0 aromatic carbocycles. The summed E-state index contributed by atoms with van der Waals surface area (Å²) in [5, 5.41) is 0.352. The monoisotopic (exact) mass is 215 g/mol. The van der Waals surface area contributed by atoms with E-state index in [9.17, 15) is 0 Å². The summed E-state index contributed by atoms with van der Waals surface area (Å²) < 4.78 is 7.91. The first-order valence-corrected chi connectivity index (χ1v) is 4.62. The summed E-state index contributed by atoms with van der Waals surface area (Å²) in [5.41, 5.74) is 1.04. The van der Waals surface area contributed by atoms with Crippen LogP contribution in [0.5, 0.6) is 0 Å². The molecule has 2 heterocycles. The average Bonchev–Trinajstić information content (AvgIpc) is 2.48. The lowest BCUT2D eigenvalue weighted by molar-refractivity contribution is 1.06. The molecule has 0 bridgehead atoms. The summed E-state index contributed by atoms with van der Waals surface area (Å²) in [7, 11) is 3.70. The predicted octanol–water partition coefficient (Wildman–Crippen LogP) is 1.20. The molecule has 0 atom stereocenters. The highest BCUT2D eigenvalue weighted by molar-refractivity contribution is 6.99. The Labute approximate surface area is 83.7 Å². The van der Waals surface area contributed by atoms with Gasteiger partial charge in [0.1, 0.15) is 0 Å². The Morgan fingerprint density at radius 3 is 2.38 bits per heavy atom. The predicted molar refractivity (Wildman–Crippen MR) is 52.3 cm³/mol. The maximum absolute atomic E-state index is 5.88. The van der Waals surface area contributed by atoms with Crippen molar-refractivity contribution < 1.29 is 0 Å². The van der Waals surface area contributed by atoms with E-state index in [2.05, 4.69) is 18.7 Å². The summed E-state index contributed by atoms with van der Waals surface area (Å²) >= 11 is 6.96. The fourth-order valence-electron chi connectivity index (χ4n) is 0.894. The molecule has 0 saturated carbocycles. The standard InChI is InChI=1S/C6H6ClN5S/c1-12(2)6-3(7)8-4-5(9-6)11-13-10-4/h1-2H3. The number of aromatic nitrogens is 4. The summed E-state index contributed by atoms with van der Waals surface area (Å²) in [4.78, 5) is 10.0. The second-order valence-electron chi connectivity index (χ2n) is 2.64. The maximum Gasteiger partial charge on any atom is 0.214 e. The van der Waals surface area contributed by atoms with Gasteiger partial charge in [0, 0.05) is 14.1 Å². The third-order valence-corrected chi connectivity index (χ3v) is 2.24. The molecule has 0 saturated heterocycles. The zero-order valence-corrected chi connectivity index (χ0v) is 8.59. The Balaban J connectivity index is 2.69. The van der Waals surface area contributed by atoms with Crippen LogP contribution in [-0.4, -0.2) is 32.8 Å². The van der Waals surface area contributed by atoms with Gasteiger partial charge in [0.05, 0.1) is 11.7 Å². The van der Waals surface area contributed by atoms with Crippen LogP contribution in [-0.2, 0) is 0 Å². The van der Waals surface area contributed by atoms with Crippen molar-refractivity contribution >= 4 is 40.4 Å². The van der Waals surface area contributed by atoms with Crippen LogP contribution in [0.15, 0.2) is 0 Å². The van der Waals surface area contributed by atoms with Gasteiger partial charge in [-0.1, -0.05) is 11.6 Å². The lowest BCUT2D eigenvalue weighted by Gasteiger charge is -2.10. The van der Waals surface area contributed by atoms with Gasteiger partial charge in [-0.05, 0) is 0 Å². The zero-order chi connectivity index (χ0) is 9.42. The molecule has 0 unspecified atom stereocenters. The lowest BCUT2D eigenvalue weighted by atomic mass is 10.6. The minimum Gasteiger partial charge on any atom is -0.360 e. The molecule has 2 aromatic heterocycles. The highest BCUT2D eigenvalue weighted by atomic mass is 35.5. The van der Waals surface area contributed by atoms with Gasteiger partial charge in [0.15, 0.2) is 11.0 Å². The minimum atomic E-state index is 0.352. The van der Waals surface area contributed by atoms with E-state index in [0.29, 0.717) is 22.3 Å². The van der Waals surface area contributed by atoms with Crippen LogP contribution in [0.4, 0.5) is 5.82 Å². The molecular weight excluding hydrogens is 210 g/mol. The Bertz CT molecular complexity index is 440. The lowest BCUT2D eigenvalue weighted by Crippen LogP contribution is -2.12. The largest absolute Gasteiger partial charge is 0.360 e. The van der Waals surface area contributed by atoms with E-state index in [1.165, 1.54) is 0 Å². The van der Waals surface area contributed by atoms with Crippen LogP contribution in [0.1, 0.15) is 0 Å². The van der Waals surface area contributed by atoms with Gasteiger partial charge in [-0.2, -0.15) is 8.75 Å². The molecule has 0 aliphatic heterocycles. The molecule has 68 valence electrons. The highest BCUT2D eigenvalue weighted by Crippen LogP contribution is 2.21. The summed E-state index contributed by atoms with van der Waals surface area (Å²) in [6, 6.07) is 0. The number of fused-ring (bicyclic) bond motifs is 1. The molecule has 13 heavy (non-hydrogen) atoms. The number of halogens is 1. The number of anilines is 1. The number of hydrogen-bond acceptors (Lipinski definition) is 6. The van der Waals surface area contributed by atoms with E-state index >= 15 is 0 Å². The second-order valence-corrected chi connectivity index (χ2v) is 3.53. The first kappa shape index (κ1) is 8.58. The van der Waals surface area contributed by atoms with E-state index in [1.54, 1.807) is 4.90 Å². The molecule has 0 aliphatic rings. The van der Waals surface area contributed by atoms with Crippen LogP contribution >= 0.6 is 23.3 Å². The molecule has 0 radical (unpaired) electrons. The average molecular weight is 216 g/mol.